The van der Waals surface area contributed by atoms with Crippen LogP contribution in [0.2, 0.25) is 0 Å². The molecule has 94 valence electrons. The van der Waals surface area contributed by atoms with Crippen molar-refractivity contribution in [3.05, 3.63) is 42.9 Å². The van der Waals surface area contributed by atoms with Crippen LogP contribution in [0, 0.1) is 0 Å². The maximum absolute atomic E-state index is 5.39. The average Bonchev–Trinajstić information content (AvgIpc) is 2.48. The summed E-state index contributed by atoms with van der Waals surface area (Å²) in [5, 5.41) is 2.52. The van der Waals surface area contributed by atoms with Crippen LogP contribution >= 0.6 is 11.8 Å². The van der Waals surface area contributed by atoms with Crippen LogP contribution in [-0.4, -0.2) is 19.9 Å². The van der Waals surface area contributed by atoms with Crippen molar-refractivity contribution < 1.29 is 0 Å². The summed E-state index contributed by atoms with van der Waals surface area (Å²) in [7, 11) is 0. The fourth-order valence-corrected chi connectivity index (χ4v) is 2.47. The van der Waals surface area contributed by atoms with E-state index in [0.717, 1.165) is 21.0 Å². The number of aromatic nitrogens is 4. The molecule has 19 heavy (non-hydrogen) atoms. The van der Waals surface area contributed by atoms with E-state index in [1.165, 1.54) is 11.8 Å². The van der Waals surface area contributed by atoms with Crippen LogP contribution in [0.5, 0.6) is 0 Å². The van der Waals surface area contributed by atoms with Crippen molar-refractivity contribution in [2.75, 3.05) is 5.43 Å². The molecule has 0 aliphatic carbocycles. The van der Waals surface area contributed by atoms with Crippen LogP contribution in [0.4, 0.5) is 5.95 Å². The van der Waals surface area contributed by atoms with Crippen LogP contribution < -0.4 is 11.3 Å². The Morgan fingerprint density at radius 1 is 1.11 bits per heavy atom. The van der Waals surface area contributed by atoms with Gasteiger partial charge in [0.25, 0.3) is 0 Å². The lowest BCUT2D eigenvalue weighted by molar-refractivity contribution is 1.03. The first-order chi connectivity index (χ1) is 9.36. The minimum atomic E-state index is 0.380. The number of nitrogens with two attached hydrogens (primary N) is 1. The third-order valence-corrected chi connectivity index (χ3v) is 3.36. The topological polar surface area (TPSA) is 89.6 Å². The molecule has 0 spiro atoms. The van der Waals surface area contributed by atoms with E-state index >= 15 is 0 Å². The Bertz CT molecular complexity index is 703. The molecule has 3 N–H and O–H groups in total. The standard InChI is InChI=1S/C12H10N6S/c13-18-12-16-9-4-2-1-3-8(9)11(17-12)19-10-7-14-5-6-15-10/h1-7H,13H2,(H,16,17,18). The van der Waals surface area contributed by atoms with Gasteiger partial charge < -0.3 is 0 Å². The van der Waals surface area contributed by atoms with E-state index in [-0.39, 0.29) is 0 Å². The maximum Gasteiger partial charge on any atom is 0.238 e. The predicted molar refractivity (Wildman–Crippen MR) is 73.5 cm³/mol. The van der Waals surface area contributed by atoms with Gasteiger partial charge in [-0.2, -0.15) is 0 Å². The SMILES string of the molecule is NNc1nc(Sc2cnccn2)c2ccccc2n1. The highest BCUT2D eigenvalue weighted by atomic mass is 32.2. The summed E-state index contributed by atoms with van der Waals surface area (Å²) >= 11 is 1.43. The van der Waals surface area contributed by atoms with Gasteiger partial charge in [-0.05, 0) is 17.8 Å². The van der Waals surface area contributed by atoms with E-state index < -0.39 is 0 Å². The molecule has 0 radical (unpaired) electrons. The summed E-state index contributed by atoms with van der Waals surface area (Å²) in [5.41, 5.74) is 3.30. The molecule has 3 aromatic rings. The number of anilines is 1. The van der Waals surface area contributed by atoms with Crippen LogP contribution in [0.1, 0.15) is 0 Å². The number of nitrogens with one attached hydrogen (secondary N) is 1. The van der Waals surface area contributed by atoms with Crippen molar-refractivity contribution in [1.29, 1.82) is 0 Å². The number of benzene rings is 1. The smallest absolute Gasteiger partial charge is 0.238 e. The van der Waals surface area contributed by atoms with Gasteiger partial charge in [-0.3, -0.25) is 10.4 Å². The molecule has 0 unspecified atom stereocenters. The van der Waals surface area contributed by atoms with Gasteiger partial charge in [0.1, 0.15) is 10.1 Å². The Morgan fingerprint density at radius 2 is 2.00 bits per heavy atom. The molecule has 0 amide bonds. The zero-order valence-electron chi connectivity index (χ0n) is 9.82. The number of para-hydroxylation sites is 1. The highest BCUT2D eigenvalue weighted by Crippen LogP contribution is 2.30. The molecule has 2 aromatic heterocycles. The molecule has 0 saturated heterocycles. The van der Waals surface area contributed by atoms with Gasteiger partial charge in [-0.15, -0.1) is 0 Å². The number of nitrogen functional groups attached to an aromatic ring is 1. The average molecular weight is 270 g/mol. The highest BCUT2D eigenvalue weighted by Gasteiger charge is 2.09. The number of nitrogens with zero attached hydrogens (tertiary/aromatic N) is 4. The largest absolute Gasteiger partial charge is 0.292 e. The number of hydrazine groups is 1. The Hall–Kier alpha value is -2.25. The molecule has 1 aromatic carbocycles. The van der Waals surface area contributed by atoms with Gasteiger partial charge in [0.15, 0.2) is 0 Å². The fraction of sp³-hybridized carbons (Fsp3) is 0. The molecular weight excluding hydrogens is 260 g/mol. The molecule has 3 rings (SSSR count). The summed E-state index contributed by atoms with van der Waals surface area (Å²) in [6.07, 6.45) is 4.97. The van der Waals surface area contributed by atoms with E-state index in [1.807, 2.05) is 24.3 Å². The summed E-state index contributed by atoms with van der Waals surface area (Å²) in [4.78, 5) is 16.9. The zero-order chi connectivity index (χ0) is 13.1. The molecular formula is C12H10N6S. The van der Waals surface area contributed by atoms with Gasteiger partial charge in [0.05, 0.1) is 11.7 Å². The lowest BCUT2D eigenvalue weighted by atomic mass is 10.2. The van der Waals surface area contributed by atoms with E-state index in [9.17, 15) is 0 Å². The second-order valence-electron chi connectivity index (χ2n) is 3.66. The van der Waals surface area contributed by atoms with E-state index in [4.69, 9.17) is 5.84 Å². The second-order valence-corrected chi connectivity index (χ2v) is 4.67. The summed E-state index contributed by atoms with van der Waals surface area (Å²) in [5.74, 6) is 5.77. The van der Waals surface area contributed by atoms with Gasteiger partial charge in [0, 0.05) is 17.8 Å². The fourth-order valence-electron chi connectivity index (χ4n) is 1.63. The van der Waals surface area contributed by atoms with Gasteiger partial charge in [-0.1, -0.05) is 18.2 Å². The highest BCUT2D eigenvalue weighted by molar-refractivity contribution is 7.99. The molecule has 0 saturated carbocycles. The molecule has 0 aliphatic heterocycles. The van der Waals surface area contributed by atoms with E-state index in [2.05, 4.69) is 25.4 Å². The molecule has 0 fully saturated rings. The monoisotopic (exact) mass is 270 g/mol. The number of hydrogen-bond donors (Lipinski definition) is 2. The summed E-state index contributed by atoms with van der Waals surface area (Å²) in [6.45, 7) is 0. The van der Waals surface area contributed by atoms with Crippen molar-refractivity contribution in [2.45, 2.75) is 10.1 Å². The Balaban J connectivity index is 2.11. The van der Waals surface area contributed by atoms with Crippen molar-refractivity contribution >= 4 is 28.6 Å². The first-order valence-electron chi connectivity index (χ1n) is 5.54. The molecule has 0 aliphatic rings. The third-order valence-electron chi connectivity index (χ3n) is 2.44. The number of hydrogen-bond acceptors (Lipinski definition) is 7. The minimum Gasteiger partial charge on any atom is -0.292 e. The zero-order valence-corrected chi connectivity index (χ0v) is 10.6. The van der Waals surface area contributed by atoms with E-state index in [1.54, 1.807) is 18.6 Å². The summed E-state index contributed by atoms with van der Waals surface area (Å²) < 4.78 is 0. The van der Waals surface area contributed by atoms with Crippen LogP contribution in [0.25, 0.3) is 10.9 Å². The molecule has 2 heterocycles. The van der Waals surface area contributed by atoms with Crippen molar-refractivity contribution in [2.24, 2.45) is 5.84 Å². The Kier molecular flexibility index (Phi) is 3.21. The van der Waals surface area contributed by atoms with Gasteiger partial charge >= 0.3 is 0 Å². The first-order valence-corrected chi connectivity index (χ1v) is 6.36. The Morgan fingerprint density at radius 3 is 2.79 bits per heavy atom. The normalized spacial score (nSPS) is 10.6. The van der Waals surface area contributed by atoms with Crippen LogP contribution in [-0.2, 0) is 0 Å². The Labute approximate surface area is 113 Å². The van der Waals surface area contributed by atoms with E-state index in [0.29, 0.717) is 5.95 Å². The second kappa shape index (κ2) is 5.17. The molecule has 7 heteroatoms. The lowest BCUT2D eigenvalue weighted by Gasteiger charge is -2.06. The minimum absolute atomic E-state index is 0.380. The van der Waals surface area contributed by atoms with Gasteiger partial charge in [-0.25, -0.2) is 20.8 Å². The quantitative estimate of drug-likeness (QED) is 0.426. The number of rotatable bonds is 3. The van der Waals surface area contributed by atoms with Gasteiger partial charge in [0.2, 0.25) is 5.95 Å². The molecule has 0 bridgehead atoms. The predicted octanol–water partition coefficient (Wildman–Crippen LogP) is 1.86. The maximum atomic E-state index is 5.39. The lowest BCUT2D eigenvalue weighted by Crippen LogP contribution is -2.10. The first kappa shape index (κ1) is 11.8. The van der Waals surface area contributed by atoms with Crippen molar-refractivity contribution in [3.63, 3.8) is 0 Å². The van der Waals surface area contributed by atoms with Crippen LogP contribution in [0.15, 0.2) is 52.9 Å². The van der Waals surface area contributed by atoms with Crippen molar-refractivity contribution in [1.82, 2.24) is 19.9 Å². The summed E-state index contributed by atoms with van der Waals surface area (Å²) in [6, 6.07) is 7.75. The molecule has 6 nitrogen and oxygen atoms in total. The number of fused-ring (bicyclic) bond motifs is 1. The van der Waals surface area contributed by atoms with Crippen molar-refractivity contribution in [3.8, 4) is 0 Å². The third kappa shape index (κ3) is 2.47. The van der Waals surface area contributed by atoms with Crippen LogP contribution in [0.3, 0.4) is 0 Å². The molecule has 0 atom stereocenters.